The van der Waals surface area contributed by atoms with Crippen molar-refractivity contribution in [1.82, 2.24) is 0 Å². The molecule has 20 heavy (non-hydrogen) atoms. The van der Waals surface area contributed by atoms with Gasteiger partial charge in [-0.05, 0) is 12.5 Å². The quantitative estimate of drug-likeness (QED) is 0.680. The monoisotopic (exact) mass is 298 g/mol. The topological polar surface area (TPSA) is 77.5 Å². The summed E-state index contributed by atoms with van der Waals surface area (Å²) in [5.41, 5.74) is 0.644. The number of benzene rings is 1. The molecule has 0 spiro atoms. The average Bonchev–Trinajstić information content (AvgIpc) is 2.37. The van der Waals surface area contributed by atoms with Gasteiger partial charge in [0.25, 0.3) is 0 Å². The number of Topliss-reactive ketones (excluding diaryl/α,β-unsaturated/α-hetero) is 1. The lowest BCUT2D eigenvalue weighted by molar-refractivity contribution is -0.144. The molecule has 1 aromatic carbocycles. The summed E-state index contributed by atoms with van der Waals surface area (Å²) in [5.74, 6) is -1.66. The summed E-state index contributed by atoms with van der Waals surface area (Å²) in [4.78, 5) is 22.7. The molecular formula is C14H18O5S. The predicted octanol–water partition coefficient (Wildman–Crippen LogP) is 1.51. The summed E-state index contributed by atoms with van der Waals surface area (Å²) in [6, 6.07) is 8.67. The van der Waals surface area contributed by atoms with Gasteiger partial charge in [-0.1, -0.05) is 30.3 Å². The van der Waals surface area contributed by atoms with Gasteiger partial charge in [-0.25, -0.2) is 8.42 Å². The molecule has 0 aliphatic heterocycles. The second-order valence-corrected chi connectivity index (χ2v) is 6.43. The van der Waals surface area contributed by atoms with Crippen LogP contribution in [-0.4, -0.2) is 32.5 Å². The first-order valence-corrected chi connectivity index (χ1v) is 8.17. The van der Waals surface area contributed by atoms with Crippen molar-refractivity contribution < 1.29 is 22.7 Å². The molecule has 0 aromatic heterocycles. The number of rotatable bonds is 8. The summed E-state index contributed by atoms with van der Waals surface area (Å²) in [6.07, 6.45) is -0.180. The van der Waals surface area contributed by atoms with Crippen LogP contribution < -0.4 is 0 Å². The van der Waals surface area contributed by atoms with E-state index in [9.17, 15) is 18.0 Å². The van der Waals surface area contributed by atoms with Crippen LogP contribution in [0.1, 0.15) is 25.3 Å². The van der Waals surface area contributed by atoms with E-state index in [4.69, 9.17) is 0 Å². The molecule has 0 bridgehead atoms. The van der Waals surface area contributed by atoms with Gasteiger partial charge in [0, 0.05) is 6.42 Å². The van der Waals surface area contributed by atoms with Gasteiger partial charge in [0.2, 0.25) is 0 Å². The molecule has 0 amide bonds. The van der Waals surface area contributed by atoms with Gasteiger partial charge < -0.3 is 4.74 Å². The van der Waals surface area contributed by atoms with Crippen molar-refractivity contribution in [3.05, 3.63) is 35.9 Å². The van der Waals surface area contributed by atoms with Crippen LogP contribution >= 0.6 is 0 Å². The maximum absolute atomic E-state index is 11.8. The van der Waals surface area contributed by atoms with Crippen LogP contribution in [0, 0.1) is 0 Å². The Hall–Kier alpha value is -1.69. The Morgan fingerprint density at radius 3 is 2.35 bits per heavy atom. The van der Waals surface area contributed by atoms with E-state index in [2.05, 4.69) is 4.74 Å². The zero-order valence-corrected chi connectivity index (χ0v) is 12.2. The number of hydrogen-bond acceptors (Lipinski definition) is 5. The van der Waals surface area contributed by atoms with E-state index < -0.39 is 27.3 Å². The maximum atomic E-state index is 11.8. The highest BCUT2D eigenvalue weighted by molar-refractivity contribution is 7.91. The van der Waals surface area contributed by atoms with E-state index in [1.165, 1.54) is 0 Å². The van der Waals surface area contributed by atoms with Gasteiger partial charge in [0.1, 0.15) is 11.5 Å². The Balaban J connectivity index is 2.46. The molecule has 1 aromatic rings. The Labute approximate surface area is 118 Å². The molecule has 5 nitrogen and oxygen atoms in total. The molecule has 0 aliphatic rings. The maximum Gasteiger partial charge on any atom is 0.306 e. The Kier molecular flexibility index (Phi) is 6.38. The van der Waals surface area contributed by atoms with Crippen LogP contribution in [0.3, 0.4) is 0 Å². The molecule has 0 saturated heterocycles. The van der Waals surface area contributed by atoms with Crippen molar-refractivity contribution in [3.8, 4) is 0 Å². The van der Waals surface area contributed by atoms with Crippen LogP contribution in [0.15, 0.2) is 30.3 Å². The van der Waals surface area contributed by atoms with E-state index in [1.54, 1.807) is 37.3 Å². The van der Waals surface area contributed by atoms with Crippen LogP contribution in [0.5, 0.6) is 0 Å². The van der Waals surface area contributed by atoms with Gasteiger partial charge >= 0.3 is 5.97 Å². The lowest BCUT2D eigenvalue weighted by atomic mass is 10.2. The predicted molar refractivity (Wildman–Crippen MR) is 74.8 cm³/mol. The van der Waals surface area contributed by atoms with Crippen molar-refractivity contribution in [1.29, 1.82) is 0 Å². The highest BCUT2D eigenvalue weighted by Gasteiger charge is 2.18. The fourth-order valence-electron chi connectivity index (χ4n) is 1.67. The number of hydrogen-bond donors (Lipinski definition) is 0. The summed E-state index contributed by atoms with van der Waals surface area (Å²) >= 11 is 0. The zero-order chi connectivity index (χ0) is 15.0. The molecule has 0 fully saturated rings. The lowest BCUT2D eigenvalue weighted by Crippen LogP contribution is -2.19. The second-order valence-electron chi connectivity index (χ2n) is 4.36. The Morgan fingerprint density at radius 2 is 1.75 bits per heavy atom. The number of carbonyl (C=O) groups excluding carboxylic acids is 2. The molecule has 0 atom stereocenters. The number of sulfone groups is 1. The van der Waals surface area contributed by atoms with Crippen LogP contribution in [-0.2, 0) is 29.9 Å². The smallest absolute Gasteiger partial charge is 0.306 e. The van der Waals surface area contributed by atoms with Crippen molar-refractivity contribution in [2.24, 2.45) is 0 Å². The van der Waals surface area contributed by atoms with E-state index in [0.717, 1.165) is 0 Å². The molecule has 0 saturated carbocycles. The van der Waals surface area contributed by atoms with Gasteiger partial charge in [0.05, 0.1) is 18.8 Å². The molecule has 0 heterocycles. The number of carbonyl (C=O) groups is 2. The molecule has 0 aliphatic carbocycles. The normalized spacial score (nSPS) is 11.1. The number of esters is 1. The molecule has 1 rings (SSSR count). The highest BCUT2D eigenvalue weighted by atomic mass is 32.2. The number of ether oxygens (including phenoxy) is 1. The van der Waals surface area contributed by atoms with Crippen molar-refractivity contribution in [2.75, 3.05) is 12.4 Å². The zero-order valence-electron chi connectivity index (χ0n) is 11.4. The summed E-state index contributed by atoms with van der Waals surface area (Å²) in [6.45, 7) is 1.92. The van der Waals surface area contributed by atoms with Gasteiger partial charge in [-0.15, -0.1) is 0 Å². The van der Waals surface area contributed by atoms with Crippen LogP contribution in [0.2, 0.25) is 0 Å². The van der Waals surface area contributed by atoms with Crippen LogP contribution in [0.4, 0.5) is 0 Å². The van der Waals surface area contributed by atoms with Gasteiger partial charge in [0.15, 0.2) is 9.84 Å². The first-order valence-electron chi connectivity index (χ1n) is 6.34. The third-order valence-electron chi connectivity index (χ3n) is 2.52. The molecule has 0 N–H and O–H groups in total. The summed E-state index contributed by atoms with van der Waals surface area (Å²) in [7, 11) is -3.50. The third-order valence-corrected chi connectivity index (χ3v) is 4.06. The minimum absolute atomic E-state index is 0.0759. The van der Waals surface area contributed by atoms with Gasteiger partial charge in [-0.3, -0.25) is 9.59 Å². The fourth-order valence-corrected chi connectivity index (χ4v) is 3.11. The molecule has 0 radical (unpaired) electrons. The third kappa shape index (κ3) is 6.47. The van der Waals surface area contributed by atoms with E-state index >= 15 is 0 Å². The lowest BCUT2D eigenvalue weighted by Gasteiger charge is -2.04. The van der Waals surface area contributed by atoms with Crippen molar-refractivity contribution >= 4 is 21.6 Å². The average molecular weight is 298 g/mol. The summed E-state index contributed by atoms with van der Waals surface area (Å²) < 4.78 is 28.4. The minimum atomic E-state index is -3.50. The Bertz CT molecular complexity index is 548. The van der Waals surface area contributed by atoms with E-state index in [0.29, 0.717) is 5.56 Å². The summed E-state index contributed by atoms with van der Waals surface area (Å²) in [5, 5.41) is 0. The SMILES string of the molecule is CCOC(=O)CCC(=O)CS(=O)(=O)Cc1ccccc1. The van der Waals surface area contributed by atoms with Crippen molar-refractivity contribution in [2.45, 2.75) is 25.5 Å². The first-order chi connectivity index (χ1) is 9.43. The highest BCUT2D eigenvalue weighted by Crippen LogP contribution is 2.07. The fraction of sp³-hybridized carbons (Fsp3) is 0.429. The molecule has 110 valence electrons. The minimum Gasteiger partial charge on any atom is -0.466 e. The largest absolute Gasteiger partial charge is 0.466 e. The second kappa shape index (κ2) is 7.79. The van der Waals surface area contributed by atoms with Gasteiger partial charge in [-0.2, -0.15) is 0 Å². The van der Waals surface area contributed by atoms with Crippen molar-refractivity contribution in [3.63, 3.8) is 0 Å². The van der Waals surface area contributed by atoms with Crippen LogP contribution in [0.25, 0.3) is 0 Å². The first kappa shape index (κ1) is 16.4. The van der Waals surface area contributed by atoms with E-state index in [-0.39, 0.29) is 25.2 Å². The number of ketones is 1. The van der Waals surface area contributed by atoms with E-state index in [1.807, 2.05) is 0 Å². The molecular weight excluding hydrogens is 280 g/mol. The molecule has 0 unspecified atom stereocenters. The standard InChI is InChI=1S/C14H18O5S/c1-2-19-14(16)9-8-13(15)11-20(17,18)10-12-6-4-3-5-7-12/h3-7H,2,8-11H2,1H3. The molecule has 6 heteroatoms. The Morgan fingerprint density at radius 1 is 1.10 bits per heavy atom.